The van der Waals surface area contributed by atoms with Crippen molar-refractivity contribution < 1.29 is 4.79 Å². The van der Waals surface area contributed by atoms with Gasteiger partial charge in [-0.25, -0.2) is 0 Å². The maximum atomic E-state index is 11.3. The molecular weight excluding hydrogens is 200 g/mol. The average Bonchev–Trinajstić information content (AvgIpc) is 2.24. The van der Waals surface area contributed by atoms with E-state index in [0.29, 0.717) is 6.54 Å². The number of benzene rings is 1. The lowest BCUT2D eigenvalue weighted by Crippen LogP contribution is -2.32. The van der Waals surface area contributed by atoms with E-state index in [9.17, 15) is 4.79 Å². The van der Waals surface area contributed by atoms with Crippen LogP contribution in [0, 0.1) is 13.8 Å². The summed E-state index contributed by atoms with van der Waals surface area (Å²) in [4.78, 5) is 12.9. The summed E-state index contributed by atoms with van der Waals surface area (Å²) in [6.07, 6.45) is 0. The molecule has 1 N–H and O–H groups in total. The molecule has 3 nitrogen and oxygen atoms in total. The summed E-state index contributed by atoms with van der Waals surface area (Å²) in [6.45, 7) is 5.34. The monoisotopic (exact) mass is 220 g/mol. The van der Waals surface area contributed by atoms with Gasteiger partial charge in [-0.05, 0) is 30.5 Å². The molecule has 0 bridgehead atoms. The maximum absolute atomic E-state index is 11.3. The fraction of sp³-hybridized carbons (Fsp3) is 0.462. The highest BCUT2D eigenvalue weighted by molar-refractivity contribution is 5.77. The number of hydrogen-bond acceptors (Lipinski definition) is 2. The molecule has 0 aromatic heterocycles. The van der Waals surface area contributed by atoms with E-state index in [4.69, 9.17) is 0 Å². The van der Waals surface area contributed by atoms with Crippen molar-refractivity contribution in [3.63, 3.8) is 0 Å². The van der Waals surface area contributed by atoms with Crippen LogP contribution in [0.15, 0.2) is 18.2 Å². The zero-order chi connectivity index (χ0) is 12.1. The van der Waals surface area contributed by atoms with E-state index in [1.54, 1.807) is 19.0 Å². The third kappa shape index (κ3) is 3.35. The first-order valence-electron chi connectivity index (χ1n) is 5.48. The first-order chi connectivity index (χ1) is 7.52. The third-order valence-electron chi connectivity index (χ3n) is 2.81. The van der Waals surface area contributed by atoms with Crippen LogP contribution >= 0.6 is 0 Å². The van der Waals surface area contributed by atoms with E-state index in [-0.39, 0.29) is 5.91 Å². The number of nitrogens with one attached hydrogen (secondary N) is 1. The number of rotatable bonds is 4. The van der Waals surface area contributed by atoms with E-state index < -0.39 is 0 Å². The van der Waals surface area contributed by atoms with Crippen LogP contribution in [-0.2, 0) is 11.3 Å². The number of hydrogen-bond donors (Lipinski definition) is 1. The van der Waals surface area contributed by atoms with Crippen LogP contribution in [0.3, 0.4) is 0 Å². The Morgan fingerprint density at radius 1 is 1.31 bits per heavy atom. The second kappa shape index (κ2) is 5.66. The van der Waals surface area contributed by atoms with Gasteiger partial charge in [-0.3, -0.25) is 4.79 Å². The minimum absolute atomic E-state index is 0.102. The molecule has 16 heavy (non-hydrogen) atoms. The molecule has 0 fully saturated rings. The van der Waals surface area contributed by atoms with Crippen molar-refractivity contribution in [2.45, 2.75) is 20.4 Å². The topological polar surface area (TPSA) is 32.3 Å². The molecule has 0 aliphatic rings. The molecule has 1 aromatic rings. The zero-order valence-electron chi connectivity index (χ0n) is 10.5. The number of aryl methyl sites for hydroxylation is 1. The average molecular weight is 220 g/mol. The zero-order valence-corrected chi connectivity index (χ0v) is 10.5. The molecule has 0 spiro atoms. The van der Waals surface area contributed by atoms with Gasteiger partial charge in [0.05, 0.1) is 6.54 Å². The molecule has 0 radical (unpaired) electrons. The maximum Gasteiger partial charge on any atom is 0.236 e. The van der Waals surface area contributed by atoms with Crippen LogP contribution < -0.4 is 5.32 Å². The van der Waals surface area contributed by atoms with Gasteiger partial charge in [0.1, 0.15) is 0 Å². The lowest BCUT2D eigenvalue weighted by molar-refractivity contribution is -0.127. The first-order valence-corrected chi connectivity index (χ1v) is 5.48. The van der Waals surface area contributed by atoms with Crippen LogP contribution in [-0.4, -0.2) is 31.4 Å². The van der Waals surface area contributed by atoms with Crippen molar-refractivity contribution >= 4 is 5.91 Å². The highest BCUT2D eigenvalue weighted by atomic mass is 16.2. The summed E-state index contributed by atoms with van der Waals surface area (Å²) in [7, 11) is 3.53. The molecule has 0 aliphatic heterocycles. The molecule has 0 atom stereocenters. The summed E-state index contributed by atoms with van der Waals surface area (Å²) in [6, 6.07) is 6.24. The molecular formula is C13H20N2O. The van der Waals surface area contributed by atoms with Crippen LogP contribution in [0.4, 0.5) is 0 Å². The van der Waals surface area contributed by atoms with Crippen molar-refractivity contribution in [3.8, 4) is 0 Å². The van der Waals surface area contributed by atoms with Gasteiger partial charge in [-0.15, -0.1) is 0 Å². The molecule has 1 aromatic carbocycles. The Kier molecular flexibility index (Phi) is 4.50. The largest absolute Gasteiger partial charge is 0.348 e. The van der Waals surface area contributed by atoms with Crippen LogP contribution in [0.2, 0.25) is 0 Å². The van der Waals surface area contributed by atoms with Gasteiger partial charge in [0.25, 0.3) is 0 Å². The Labute approximate surface area is 97.5 Å². The van der Waals surface area contributed by atoms with Crippen LogP contribution in [0.5, 0.6) is 0 Å². The minimum Gasteiger partial charge on any atom is -0.348 e. The molecule has 0 saturated carbocycles. The molecule has 1 rings (SSSR count). The lowest BCUT2D eigenvalue weighted by Gasteiger charge is -2.12. The van der Waals surface area contributed by atoms with Gasteiger partial charge in [-0.1, -0.05) is 18.2 Å². The van der Waals surface area contributed by atoms with E-state index in [2.05, 4.69) is 31.3 Å². The Bertz CT molecular complexity index is 372. The predicted octanol–water partition coefficient (Wildman–Crippen LogP) is 1.48. The van der Waals surface area contributed by atoms with E-state index >= 15 is 0 Å². The Morgan fingerprint density at radius 3 is 2.62 bits per heavy atom. The standard InChI is InChI=1S/C13H20N2O/c1-10-6-5-7-12(11(10)2)8-14-9-13(16)15(3)4/h5-7,14H,8-9H2,1-4H3. The fourth-order valence-electron chi connectivity index (χ4n) is 1.47. The molecule has 0 unspecified atom stereocenters. The number of likely N-dealkylation sites (N-methyl/N-ethyl adjacent to an activating group) is 1. The van der Waals surface area contributed by atoms with Crippen LogP contribution in [0.1, 0.15) is 16.7 Å². The van der Waals surface area contributed by atoms with Crippen molar-refractivity contribution in [2.75, 3.05) is 20.6 Å². The second-order valence-corrected chi connectivity index (χ2v) is 4.25. The number of carbonyl (C=O) groups is 1. The van der Waals surface area contributed by atoms with Crippen molar-refractivity contribution in [1.82, 2.24) is 10.2 Å². The van der Waals surface area contributed by atoms with Gasteiger partial charge >= 0.3 is 0 Å². The summed E-state index contributed by atoms with van der Waals surface area (Å²) in [5.41, 5.74) is 3.84. The van der Waals surface area contributed by atoms with Gasteiger partial charge in [0.2, 0.25) is 5.91 Å². The van der Waals surface area contributed by atoms with Crippen LogP contribution in [0.25, 0.3) is 0 Å². The van der Waals surface area contributed by atoms with Crippen molar-refractivity contribution in [3.05, 3.63) is 34.9 Å². The second-order valence-electron chi connectivity index (χ2n) is 4.25. The number of carbonyl (C=O) groups excluding carboxylic acids is 1. The lowest BCUT2D eigenvalue weighted by atomic mass is 10.0. The SMILES string of the molecule is Cc1cccc(CNCC(=O)N(C)C)c1C. The summed E-state index contributed by atoms with van der Waals surface area (Å²) >= 11 is 0. The van der Waals surface area contributed by atoms with Crippen molar-refractivity contribution in [2.24, 2.45) is 0 Å². The predicted molar refractivity (Wildman–Crippen MR) is 66.3 cm³/mol. The normalized spacial score (nSPS) is 10.2. The van der Waals surface area contributed by atoms with E-state index in [0.717, 1.165) is 6.54 Å². The number of amides is 1. The molecule has 1 amide bonds. The molecule has 0 aliphatic carbocycles. The molecule has 0 heterocycles. The van der Waals surface area contributed by atoms with Crippen molar-refractivity contribution in [1.29, 1.82) is 0 Å². The quantitative estimate of drug-likeness (QED) is 0.833. The summed E-state index contributed by atoms with van der Waals surface area (Å²) in [5.74, 6) is 0.102. The Balaban J connectivity index is 2.49. The molecule has 0 saturated heterocycles. The van der Waals surface area contributed by atoms with Gasteiger partial charge in [-0.2, -0.15) is 0 Å². The van der Waals surface area contributed by atoms with E-state index in [1.807, 2.05) is 6.07 Å². The van der Waals surface area contributed by atoms with Gasteiger partial charge in [0, 0.05) is 20.6 Å². The summed E-state index contributed by atoms with van der Waals surface area (Å²) < 4.78 is 0. The van der Waals surface area contributed by atoms with Gasteiger partial charge < -0.3 is 10.2 Å². The van der Waals surface area contributed by atoms with E-state index in [1.165, 1.54) is 16.7 Å². The molecule has 3 heteroatoms. The fourth-order valence-corrected chi connectivity index (χ4v) is 1.47. The summed E-state index contributed by atoms with van der Waals surface area (Å²) in [5, 5.41) is 3.16. The highest BCUT2D eigenvalue weighted by Gasteiger charge is 2.04. The molecule has 88 valence electrons. The number of nitrogens with zero attached hydrogens (tertiary/aromatic N) is 1. The third-order valence-corrected chi connectivity index (χ3v) is 2.81. The highest BCUT2D eigenvalue weighted by Crippen LogP contribution is 2.11. The Hall–Kier alpha value is -1.35. The first kappa shape index (κ1) is 12.7. The van der Waals surface area contributed by atoms with Gasteiger partial charge in [0.15, 0.2) is 0 Å². The Morgan fingerprint density at radius 2 is 2.00 bits per heavy atom. The smallest absolute Gasteiger partial charge is 0.236 e. The minimum atomic E-state index is 0.102.